The van der Waals surface area contributed by atoms with E-state index < -0.39 is 0 Å². The third-order valence-electron chi connectivity index (χ3n) is 2.95. The van der Waals surface area contributed by atoms with Crippen molar-refractivity contribution in [2.75, 3.05) is 5.32 Å². The first kappa shape index (κ1) is 13.5. The Kier molecular flexibility index (Phi) is 4.96. The maximum atomic E-state index is 13.6. The van der Waals surface area contributed by atoms with Gasteiger partial charge in [0.25, 0.3) is 0 Å². The number of hydrogen-bond acceptors (Lipinski definition) is 2. The molecule has 0 aliphatic heterocycles. The molecule has 2 atom stereocenters. The van der Waals surface area contributed by atoms with Crippen LogP contribution in [0.5, 0.6) is 0 Å². The summed E-state index contributed by atoms with van der Waals surface area (Å²) in [6, 6.07) is 6.67. The molecule has 0 saturated heterocycles. The summed E-state index contributed by atoms with van der Waals surface area (Å²) < 4.78 is 13.6. The highest BCUT2D eigenvalue weighted by Gasteiger charge is 2.10. The summed E-state index contributed by atoms with van der Waals surface area (Å²) in [5.41, 5.74) is 0.822. The van der Waals surface area contributed by atoms with E-state index in [1.54, 1.807) is 12.1 Å². The number of anilines is 1. The van der Waals surface area contributed by atoms with Gasteiger partial charge < -0.3 is 5.32 Å². The number of benzene rings is 1. The van der Waals surface area contributed by atoms with Crippen LogP contribution >= 0.6 is 0 Å². The lowest BCUT2D eigenvalue weighted by atomic mass is 10.00. The van der Waals surface area contributed by atoms with E-state index in [0.29, 0.717) is 17.2 Å². The summed E-state index contributed by atoms with van der Waals surface area (Å²) in [5.74, 6) is 0.263. The second kappa shape index (κ2) is 6.24. The van der Waals surface area contributed by atoms with Gasteiger partial charge in [-0.15, -0.1) is 0 Å². The first-order valence-electron chi connectivity index (χ1n) is 6.03. The summed E-state index contributed by atoms with van der Waals surface area (Å²) in [5, 5.41) is 11.8. The highest BCUT2D eigenvalue weighted by molar-refractivity contribution is 5.49. The number of nitrogens with zero attached hydrogens (tertiary/aromatic N) is 1. The minimum Gasteiger partial charge on any atom is -0.380 e. The van der Waals surface area contributed by atoms with Crippen LogP contribution in [0.1, 0.15) is 39.2 Å². The fourth-order valence-corrected chi connectivity index (χ4v) is 1.80. The van der Waals surface area contributed by atoms with Gasteiger partial charge in [0.05, 0.1) is 17.3 Å². The van der Waals surface area contributed by atoms with Gasteiger partial charge in [0, 0.05) is 6.04 Å². The molecule has 1 rings (SSSR count). The SMILES string of the molecule is CCC(C)CC(C)Nc1ccc(C#N)cc1F. The highest BCUT2D eigenvalue weighted by atomic mass is 19.1. The molecule has 1 N–H and O–H groups in total. The van der Waals surface area contributed by atoms with E-state index in [1.807, 2.05) is 13.0 Å². The Morgan fingerprint density at radius 3 is 2.65 bits per heavy atom. The Morgan fingerprint density at radius 2 is 2.12 bits per heavy atom. The largest absolute Gasteiger partial charge is 0.380 e. The van der Waals surface area contributed by atoms with Crippen molar-refractivity contribution in [3.63, 3.8) is 0 Å². The van der Waals surface area contributed by atoms with Crippen molar-refractivity contribution in [3.05, 3.63) is 29.6 Å². The van der Waals surface area contributed by atoms with Gasteiger partial charge in [-0.1, -0.05) is 20.3 Å². The zero-order valence-corrected chi connectivity index (χ0v) is 10.6. The van der Waals surface area contributed by atoms with Crippen molar-refractivity contribution in [3.8, 4) is 6.07 Å². The Balaban J connectivity index is 2.66. The van der Waals surface area contributed by atoms with Gasteiger partial charge in [-0.2, -0.15) is 5.26 Å². The lowest BCUT2D eigenvalue weighted by Crippen LogP contribution is -2.19. The van der Waals surface area contributed by atoms with Crippen LogP contribution in [-0.2, 0) is 0 Å². The monoisotopic (exact) mass is 234 g/mol. The van der Waals surface area contributed by atoms with Gasteiger partial charge in [-0.05, 0) is 37.5 Å². The van der Waals surface area contributed by atoms with Crippen LogP contribution < -0.4 is 5.32 Å². The molecule has 2 nitrogen and oxygen atoms in total. The summed E-state index contributed by atoms with van der Waals surface area (Å²) in [7, 11) is 0. The van der Waals surface area contributed by atoms with E-state index in [2.05, 4.69) is 19.2 Å². The predicted molar refractivity (Wildman–Crippen MR) is 68.3 cm³/mol. The molecule has 0 spiro atoms. The molecule has 0 saturated carbocycles. The Labute approximate surface area is 102 Å². The Bertz CT molecular complexity index is 409. The minimum absolute atomic E-state index is 0.229. The second-order valence-corrected chi connectivity index (χ2v) is 4.60. The first-order chi connectivity index (χ1) is 8.06. The highest BCUT2D eigenvalue weighted by Crippen LogP contribution is 2.19. The number of rotatable bonds is 5. The van der Waals surface area contributed by atoms with Crippen LogP contribution in [0, 0.1) is 23.1 Å². The van der Waals surface area contributed by atoms with Gasteiger partial charge in [-0.25, -0.2) is 4.39 Å². The predicted octanol–water partition coefficient (Wildman–Crippen LogP) is 3.93. The topological polar surface area (TPSA) is 35.8 Å². The Morgan fingerprint density at radius 1 is 1.41 bits per heavy atom. The number of nitriles is 1. The van der Waals surface area contributed by atoms with E-state index in [9.17, 15) is 4.39 Å². The van der Waals surface area contributed by atoms with Crippen molar-refractivity contribution in [1.29, 1.82) is 5.26 Å². The molecule has 0 radical (unpaired) electrons. The van der Waals surface area contributed by atoms with Gasteiger partial charge in [-0.3, -0.25) is 0 Å². The van der Waals surface area contributed by atoms with E-state index in [1.165, 1.54) is 6.07 Å². The van der Waals surface area contributed by atoms with Crippen molar-refractivity contribution in [2.45, 2.75) is 39.7 Å². The molecule has 0 aliphatic carbocycles. The zero-order chi connectivity index (χ0) is 12.8. The van der Waals surface area contributed by atoms with Crippen molar-refractivity contribution in [2.24, 2.45) is 5.92 Å². The maximum Gasteiger partial charge on any atom is 0.147 e. The third-order valence-corrected chi connectivity index (χ3v) is 2.95. The van der Waals surface area contributed by atoms with Crippen LogP contribution in [0.2, 0.25) is 0 Å². The standard InChI is InChI=1S/C14H19FN2/c1-4-10(2)7-11(3)17-14-6-5-12(9-16)8-13(14)15/h5-6,8,10-11,17H,4,7H2,1-3H3. The molecule has 0 aromatic heterocycles. The maximum absolute atomic E-state index is 13.6. The average molecular weight is 234 g/mol. The average Bonchev–Trinajstić information content (AvgIpc) is 2.31. The van der Waals surface area contributed by atoms with E-state index in [-0.39, 0.29) is 11.9 Å². The zero-order valence-electron chi connectivity index (χ0n) is 10.6. The quantitative estimate of drug-likeness (QED) is 0.837. The molecule has 0 bridgehead atoms. The minimum atomic E-state index is -0.361. The summed E-state index contributed by atoms with van der Waals surface area (Å²) >= 11 is 0. The van der Waals surface area contributed by atoms with Gasteiger partial charge in [0.1, 0.15) is 5.82 Å². The number of hydrogen-bond donors (Lipinski definition) is 1. The second-order valence-electron chi connectivity index (χ2n) is 4.60. The number of nitrogens with one attached hydrogen (secondary N) is 1. The van der Waals surface area contributed by atoms with Crippen LogP contribution in [0.15, 0.2) is 18.2 Å². The van der Waals surface area contributed by atoms with E-state index in [4.69, 9.17) is 5.26 Å². The summed E-state index contributed by atoms with van der Waals surface area (Å²) in [6.07, 6.45) is 2.14. The molecule has 2 unspecified atom stereocenters. The molecule has 92 valence electrons. The fraction of sp³-hybridized carbons (Fsp3) is 0.500. The van der Waals surface area contributed by atoms with Crippen LogP contribution in [0.4, 0.5) is 10.1 Å². The fourth-order valence-electron chi connectivity index (χ4n) is 1.80. The van der Waals surface area contributed by atoms with E-state index in [0.717, 1.165) is 12.8 Å². The van der Waals surface area contributed by atoms with Gasteiger partial charge >= 0.3 is 0 Å². The molecule has 0 amide bonds. The van der Waals surface area contributed by atoms with Crippen molar-refractivity contribution in [1.82, 2.24) is 0 Å². The molecule has 1 aromatic carbocycles. The summed E-state index contributed by atoms with van der Waals surface area (Å²) in [4.78, 5) is 0. The molecule has 0 aliphatic rings. The van der Waals surface area contributed by atoms with Crippen molar-refractivity contribution >= 4 is 5.69 Å². The molecule has 1 aromatic rings. The van der Waals surface area contributed by atoms with Crippen LogP contribution in [-0.4, -0.2) is 6.04 Å². The van der Waals surface area contributed by atoms with Gasteiger partial charge in [0.2, 0.25) is 0 Å². The molecular weight excluding hydrogens is 215 g/mol. The lowest BCUT2D eigenvalue weighted by molar-refractivity contribution is 0.482. The molecule has 0 heterocycles. The molecule has 3 heteroatoms. The van der Waals surface area contributed by atoms with Crippen LogP contribution in [0.25, 0.3) is 0 Å². The smallest absolute Gasteiger partial charge is 0.147 e. The third kappa shape index (κ3) is 4.07. The molecule has 0 fully saturated rings. The molecular formula is C14H19FN2. The van der Waals surface area contributed by atoms with E-state index >= 15 is 0 Å². The Hall–Kier alpha value is -1.56. The summed E-state index contributed by atoms with van der Waals surface area (Å²) in [6.45, 7) is 6.39. The van der Waals surface area contributed by atoms with Gasteiger partial charge in [0.15, 0.2) is 0 Å². The first-order valence-corrected chi connectivity index (χ1v) is 6.03. The van der Waals surface area contributed by atoms with Crippen LogP contribution in [0.3, 0.4) is 0 Å². The molecule has 17 heavy (non-hydrogen) atoms. The normalized spacial score (nSPS) is 13.8. The number of halogens is 1. The lowest BCUT2D eigenvalue weighted by Gasteiger charge is -2.19. The van der Waals surface area contributed by atoms with Crippen molar-refractivity contribution < 1.29 is 4.39 Å².